The molecule has 0 amide bonds. The van der Waals surface area contributed by atoms with Crippen LogP contribution < -0.4 is 4.90 Å². The number of anilines is 1. The molecule has 3 nitrogen and oxygen atoms in total. The Morgan fingerprint density at radius 1 is 1.22 bits per heavy atom. The van der Waals surface area contributed by atoms with E-state index >= 15 is 0 Å². The lowest BCUT2D eigenvalue weighted by molar-refractivity contribution is 0.101. The number of halogens is 1. The van der Waals surface area contributed by atoms with Crippen molar-refractivity contribution in [2.24, 2.45) is 0 Å². The first-order chi connectivity index (χ1) is 8.58. The van der Waals surface area contributed by atoms with Gasteiger partial charge in [-0.15, -0.1) is 0 Å². The first-order valence-electron chi connectivity index (χ1n) is 6.32. The largest absolute Gasteiger partial charge is 0.369 e. The molecule has 1 fully saturated rings. The zero-order valence-electron chi connectivity index (χ0n) is 10.9. The molecular weight excluding hydrogens is 248 g/mol. The summed E-state index contributed by atoms with van der Waals surface area (Å²) in [5.74, 6) is 0.0547. The van der Waals surface area contributed by atoms with E-state index in [1.807, 2.05) is 12.1 Å². The van der Waals surface area contributed by atoms with Gasteiger partial charge in [0.1, 0.15) is 0 Å². The molecular formula is C14H19ClN2O. The van der Waals surface area contributed by atoms with E-state index in [1.165, 1.54) is 0 Å². The van der Waals surface area contributed by atoms with Crippen LogP contribution in [0.25, 0.3) is 0 Å². The van der Waals surface area contributed by atoms with Crippen LogP contribution in [-0.4, -0.2) is 43.9 Å². The molecule has 1 aliphatic heterocycles. The summed E-state index contributed by atoms with van der Waals surface area (Å²) >= 11 is 6.29. The molecule has 0 N–H and O–H groups in total. The van der Waals surface area contributed by atoms with Crippen molar-refractivity contribution < 1.29 is 4.79 Å². The fourth-order valence-electron chi connectivity index (χ4n) is 2.27. The number of likely N-dealkylation sites (N-methyl/N-ethyl adjacent to an activating group) is 1. The van der Waals surface area contributed by atoms with E-state index in [0.29, 0.717) is 10.6 Å². The Bertz CT molecular complexity index is 447. The first kappa shape index (κ1) is 13.4. The van der Waals surface area contributed by atoms with Crippen molar-refractivity contribution in [2.75, 3.05) is 38.1 Å². The standard InChI is InChI=1S/C14H19ClN2O/c1-11(18)12-4-5-14(13(15)10-12)17-7-3-6-16(2)8-9-17/h4-5,10H,3,6-9H2,1-2H3. The molecule has 1 aromatic carbocycles. The maximum atomic E-state index is 11.3. The third kappa shape index (κ3) is 3.03. The molecule has 18 heavy (non-hydrogen) atoms. The van der Waals surface area contributed by atoms with Crippen molar-refractivity contribution >= 4 is 23.1 Å². The highest BCUT2D eigenvalue weighted by Gasteiger charge is 2.15. The SMILES string of the molecule is CC(=O)c1ccc(N2CCCN(C)CC2)c(Cl)c1. The number of carbonyl (C=O) groups excluding carboxylic acids is 1. The normalized spacial score (nSPS) is 17.6. The average molecular weight is 267 g/mol. The lowest BCUT2D eigenvalue weighted by Gasteiger charge is -2.24. The van der Waals surface area contributed by atoms with Crippen LogP contribution in [0.15, 0.2) is 18.2 Å². The van der Waals surface area contributed by atoms with Crippen LogP contribution in [-0.2, 0) is 0 Å². The van der Waals surface area contributed by atoms with E-state index in [2.05, 4.69) is 16.8 Å². The number of hydrogen-bond acceptors (Lipinski definition) is 3. The fourth-order valence-corrected chi connectivity index (χ4v) is 2.57. The van der Waals surface area contributed by atoms with Gasteiger partial charge < -0.3 is 9.80 Å². The van der Waals surface area contributed by atoms with Crippen molar-refractivity contribution in [3.05, 3.63) is 28.8 Å². The van der Waals surface area contributed by atoms with Gasteiger partial charge in [-0.05, 0) is 45.1 Å². The molecule has 0 bridgehead atoms. The van der Waals surface area contributed by atoms with Crippen molar-refractivity contribution in [3.8, 4) is 0 Å². The topological polar surface area (TPSA) is 23.6 Å². The Labute approximate surface area is 113 Å². The number of benzene rings is 1. The molecule has 1 aromatic rings. The first-order valence-corrected chi connectivity index (χ1v) is 6.69. The Kier molecular flexibility index (Phi) is 4.25. The summed E-state index contributed by atoms with van der Waals surface area (Å²) in [6.45, 7) is 5.73. The lowest BCUT2D eigenvalue weighted by Crippen LogP contribution is -2.28. The van der Waals surface area contributed by atoms with Gasteiger partial charge in [-0.3, -0.25) is 4.79 Å². The van der Waals surface area contributed by atoms with E-state index in [0.717, 1.165) is 38.3 Å². The molecule has 4 heteroatoms. The summed E-state index contributed by atoms with van der Waals surface area (Å²) in [6, 6.07) is 5.59. The Morgan fingerprint density at radius 3 is 2.67 bits per heavy atom. The van der Waals surface area contributed by atoms with Gasteiger partial charge in [-0.1, -0.05) is 11.6 Å². The van der Waals surface area contributed by atoms with E-state index in [-0.39, 0.29) is 5.78 Å². The predicted molar refractivity (Wildman–Crippen MR) is 75.8 cm³/mol. The van der Waals surface area contributed by atoms with Crippen molar-refractivity contribution in [3.63, 3.8) is 0 Å². The number of rotatable bonds is 2. The van der Waals surface area contributed by atoms with Crippen LogP contribution >= 0.6 is 11.6 Å². The molecule has 0 unspecified atom stereocenters. The molecule has 0 atom stereocenters. The Balaban J connectivity index is 2.20. The molecule has 1 heterocycles. The van der Waals surface area contributed by atoms with Crippen LogP contribution in [0, 0.1) is 0 Å². The quantitative estimate of drug-likeness (QED) is 0.769. The lowest BCUT2D eigenvalue weighted by atomic mass is 10.1. The van der Waals surface area contributed by atoms with E-state index in [4.69, 9.17) is 11.6 Å². The predicted octanol–water partition coefficient (Wildman–Crippen LogP) is 2.68. The second kappa shape index (κ2) is 5.72. The van der Waals surface area contributed by atoms with Gasteiger partial charge in [-0.25, -0.2) is 0 Å². The maximum Gasteiger partial charge on any atom is 0.159 e. The number of Topliss-reactive ketones (excluding diaryl/α,β-unsaturated/α-hetero) is 1. The van der Waals surface area contributed by atoms with Crippen LogP contribution in [0.5, 0.6) is 0 Å². The minimum atomic E-state index is 0.0547. The van der Waals surface area contributed by atoms with E-state index in [1.54, 1.807) is 13.0 Å². The molecule has 1 saturated heterocycles. The van der Waals surface area contributed by atoms with Crippen molar-refractivity contribution in [1.82, 2.24) is 4.90 Å². The van der Waals surface area contributed by atoms with Crippen LogP contribution in [0.4, 0.5) is 5.69 Å². The molecule has 98 valence electrons. The minimum absolute atomic E-state index is 0.0547. The molecule has 0 aliphatic carbocycles. The molecule has 0 aromatic heterocycles. The summed E-state index contributed by atoms with van der Waals surface area (Å²) in [4.78, 5) is 15.9. The number of carbonyl (C=O) groups is 1. The highest BCUT2D eigenvalue weighted by molar-refractivity contribution is 6.33. The summed E-state index contributed by atoms with van der Waals surface area (Å²) < 4.78 is 0. The molecule has 0 saturated carbocycles. The summed E-state index contributed by atoms with van der Waals surface area (Å²) in [5.41, 5.74) is 1.72. The van der Waals surface area contributed by atoms with E-state index < -0.39 is 0 Å². The maximum absolute atomic E-state index is 11.3. The van der Waals surface area contributed by atoms with Crippen LogP contribution in [0.1, 0.15) is 23.7 Å². The van der Waals surface area contributed by atoms with Crippen molar-refractivity contribution in [2.45, 2.75) is 13.3 Å². The molecule has 1 aliphatic rings. The number of nitrogens with zero attached hydrogens (tertiary/aromatic N) is 2. The third-order valence-corrected chi connectivity index (χ3v) is 3.72. The Hall–Kier alpha value is -1.06. The zero-order valence-corrected chi connectivity index (χ0v) is 11.7. The monoisotopic (exact) mass is 266 g/mol. The number of hydrogen-bond donors (Lipinski definition) is 0. The third-order valence-electron chi connectivity index (χ3n) is 3.41. The highest BCUT2D eigenvalue weighted by atomic mass is 35.5. The second-order valence-corrected chi connectivity index (χ2v) is 5.27. The smallest absolute Gasteiger partial charge is 0.159 e. The van der Waals surface area contributed by atoms with Gasteiger partial charge in [0.05, 0.1) is 10.7 Å². The Morgan fingerprint density at radius 2 is 2.00 bits per heavy atom. The van der Waals surface area contributed by atoms with Crippen molar-refractivity contribution in [1.29, 1.82) is 0 Å². The number of ketones is 1. The van der Waals surface area contributed by atoms with Gasteiger partial charge in [0.25, 0.3) is 0 Å². The summed E-state index contributed by atoms with van der Waals surface area (Å²) in [7, 11) is 2.14. The molecule has 2 rings (SSSR count). The minimum Gasteiger partial charge on any atom is -0.369 e. The molecule has 0 radical (unpaired) electrons. The molecule has 0 spiro atoms. The van der Waals surface area contributed by atoms with Gasteiger partial charge >= 0.3 is 0 Å². The van der Waals surface area contributed by atoms with Crippen LogP contribution in [0.2, 0.25) is 5.02 Å². The van der Waals surface area contributed by atoms with Gasteiger partial charge in [0.15, 0.2) is 5.78 Å². The average Bonchev–Trinajstić information content (AvgIpc) is 2.54. The second-order valence-electron chi connectivity index (χ2n) is 4.87. The zero-order chi connectivity index (χ0) is 13.1. The van der Waals surface area contributed by atoms with E-state index in [9.17, 15) is 4.79 Å². The summed E-state index contributed by atoms with van der Waals surface area (Å²) in [5, 5.41) is 0.673. The van der Waals surface area contributed by atoms with Gasteiger partial charge in [0.2, 0.25) is 0 Å². The van der Waals surface area contributed by atoms with Crippen LogP contribution in [0.3, 0.4) is 0 Å². The highest BCUT2D eigenvalue weighted by Crippen LogP contribution is 2.27. The summed E-state index contributed by atoms with van der Waals surface area (Å²) in [6.07, 6.45) is 1.14. The van der Waals surface area contributed by atoms with Gasteiger partial charge in [0, 0.05) is 25.2 Å². The fraction of sp³-hybridized carbons (Fsp3) is 0.500. The van der Waals surface area contributed by atoms with Gasteiger partial charge in [-0.2, -0.15) is 0 Å².